The van der Waals surface area contributed by atoms with E-state index in [0.717, 1.165) is 6.08 Å². The van der Waals surface area contributed by atoms with E-state index in [1.165, 1.54) is 6.92 Å². The van der Waals surface area contributed by atoms with Crippen LogP contribution in [0.3, 0.4) is 0 Å². The summed E-state index contributed by atoms with van der Waals surface area (Å²) in [7, 11) is 0. The minimum Gasteiger partial charge on any atom is -0.462 e. The van der Waals surface area contributed by atoms with Gasteiger partial charge < -0.3 is 9.47 Å². The molecule has 0 radical (unpaired) electrons. The van der Waals surface area contributed by atoms with E-state index in [1.54, 1.807) is 0 Å². The molecule has 9 heteroatoms. The smallest absolute Gasteiger partial charge is 0.428 e. The summed E-state index contributed by atoms with van der Waals surface area (Å²) in [5.74, 6) is -1.60. The fraction of sp³-hybridized carbons (Fsp3) is 0.727. The van der Waals surface area contributed by atoms with Crippen molar-refractivity contribution in [1.29, 1.82) is 0 Å². The Morgan fingerprint density at radius 2 is 1.80 bits per heavy atom. The third kappa shape index (κ3) is 6.27. The molecule has 0 aromatic heterocycles. The third-order valence-corrected chi connectivity index (χ3v) is 2.30. The highest BCUT2D eigenvalue weighted by molar-refractivity contribution is 5.81. The molecule has 2 atom stereocenters. The molecule has 0 aliphatic heterocycles. The zero-order valence-corrected chi connectivity index (χ0v) is 10.6. The standard InChI is InChI=1S/C11H14F6O3/c1-3-7(5-19-8(18)4-2)6-20-11(16,17)9(12)10(13,14)15/h4,7,9H,2-3,5-6H2,1H3. The molecule has 0 aliphatic rings. The molecular formula is C11H14F6O3. The van der Waals surface area contributed by atoms with E-state index >= 15 is 0 Å². The number of rotatable bonds is 8. The topological polar surface area (TPSA) is 35.5 Å². The van der Waals surface area contributed by atoms with Gasteiger partial charge in [0.05, 0.1) is 13.2 Å². The molecule has 0 amide bonds. The number of hydrogen-bond acceptors (Lipinski definition) is 3. The summed E-state index contributed by atoms with van der Waals surface area (Å²) in [6, 6.07) is 0. The van der Waals surface area contributed by atoms with Crippen molar-refractivity contribution < 1.29 is 40.6 Å². The summed E-state index contributed by atoms with van der Waals surface area (Å²) < 4.78 is 81.9. The minimum atomic E-state index is -5.72. The number of ether oxygens (including phenoxy) is 2. The largest absolute Gasteiger partial charge is 0.462 e. The Kier molecular flexibility index (Phi) is 7.04. The SMILES string of the molecule is C=CC(=O)OCC(CC)COC(F)(F)C(F)C(F)(F)F. The predicted octanol–water partition coefficient (Wildman–Crippen LogP) is 3.25. The van der Waals surface area contributed by atoms with E-state index in [9.17, 15) is 31.1 Å². The molecule has 0 heterocycles. The molecule has 0 aliphatic carbocycles. The van der Waals surface area contributed by atoms with Crippen LogP contribution in [0.1, 0.15) is 13.3 Å². The van der Waals surface area contributed by atoms with Gasteiger partial charge >= 0.3 is 18.3 Å². The second-order valence-corrected chi connectivity index (χ2v) is 3.89. The van der Waals surface area contributed by atoms with Gasteiger partial charge in [0, 0.05) is 12.0 Å². The number of hydrogen-bond donors (Lipinski definition) is 0. The second-order valence-electron chi connectivity index (χ2n) is 3.89. The maximum atomic E-state index is 12.8. The van der Waals surface area contributed by atoms with Crippen molar-refractivity contribution in [1.82, 2.24) is 0 Å². The Morgan fingerprint density at radius 3 is 2.20 bits per heavy atom. The lowest BCUT2D eigenvalue weighted by Gasteiger charge is -2.24. The van der Waals surface area contributed by atoms with E-state index in [4.69, 9.17) is 0 Å². The van der Waals surface area contributed by atoms with Crippen molar-refractivity contribution in [3.8, 4) is 0 Å². The summed E-state index contributed by atoms with van der Waals surface area (Å²) in [5.41, 5.74) is 0. The van der Waals surface area contributed by atoms with E-state index in [1.807, 2.05) is 0 Å². The van der Waals surface area contributed by atoms with Crippen molar-refractivity contribution in [3.05, 3.63) is 12.7 Å². The van der Waals surface area contributed by atoms with Crippen LogP contribution in [0.4, 0.5) is 26.3 Å². The summed E-state index contributed by atoms with van der Waals surface area (Å²) >= 11 is 0. The maximum Gasteiger partial charge on any atom is 0.428 e. The van der Waals surface area contributed by atoms with Crippen LogP contribution in [-0.2, 0) is 14.3 Å². The molecule has 118 valence electrons. The molecule has 20 heavy (non-hydrogen) atoms. The first kappa shape index (κ1) is 18.8. The van der Waals surface area contributed by atoms with Gasteiger partial charge in [-0.2, -0.15) is 22.0 Å². The number of alkyl halides is 6. The lowest BCUT2D eigenvalue weighted by atomic mass is 10.1. The lowest BCUT2D eigenvalue weighted by molar-refractivity contribution is -0.338. The zero-order chi connectivity index (χ0) is 16.0. The van der Waals surface area contributed by atoms with Crippen LogP contribution in [-0.4, -0.2) is 37.6 Å². The van der Waals surface area contributed by atoms with Gasteiger partial charge in [0.1, 0.15) is 0 Å². The van der Waals surface area contributed by atoms with Crippen molar-refractivity contribution in [2.45, 2.75) is 31.8 Å². The Bertz CT molecular complexity index is 329. The van der Waals surface area contributed by atoms with E-state index in [0.29, 0.717) is 0 Å². The van der Waals surface area contributed by atoms with Gasteiger partial charge in [-0.15, -0.1) is 0 Å². The molecule has 0 fully saturated rings. The van der Waals surface area contributed by atoms with Crippen molar-refractivity contribution in [2.75, 3.05) is 13.2 Å². The molecule has 3 nitrogen and oxygen atoms in total. The van der Waals surface area contributed by atoms with E-state index < -0.39 is 37.0 Å². The molecule has 0 bridgehead atoms. The van der Waals surface area contributed by atoms with Gasteiger partial charge in [0.15, 0.2) is 0 Å². The van der Waals surface area contributed by atoms with Crippen LogP contribution in [0.2, 0.25) is 0 Å². The van der Waals surface area contributed by atoms with Crippen LogP contribution >= 0.6 is 0 Å². The van der Waals surface area contributed by atoms with Gasteiger partial charge in [-0.25, -0.2) is 9.18 Å². The average molecular weight is 308 g/mol. The van der Waals surface area contributed by atoms with Gasteiger partial charge in [-0.1, -0.05) is 13.5 Å². The highest BCUT2D eigenvalue weighted by Gasteiger charge is 2.58. The fourth-order valence-electron chi connectivity index (χ4n) is 1.04. The fourth-order valence-corrected chi connectivity index (χ4v) is 1.04. The first-order valence-electron chi connectivity index (χ1n) is 5.56. The Labute approximate surface area is 111 Å². The maximum absolute atomic E-state index is 12.8. The summed E-state index contributed by atoms with van der Waals surface area (Å²) in [4.78, 5) is 10.7. The van der Waals surface area contributed by atoms with Crippen LogP contribution in [0.25, 0.3) is 0 Å². The molecule has 0 saturated carbocycles. The number of esters is 1. The van der Waals surface area contributed by atoms with Gasteiger partial charge in [-0.3, -0.25) is 0 Å². The summed E-state index contributed by atoms with van der Waals surface area (Å²) in [6.45, 7) is 3.39. The van der Waals surface area contributed by atoms with Crippen LogP contribution < -0.4 is 0 Å². The quantitative estimate of drug-likeness (QED) is 0.392. The normalized spacial score (nSPS) is 15.6. The van der Waals surface area contributed by atoms with Gasteiger partial charge in [0.25, 0.3) is 6.17 Å². The Hall–Kier alpha value is -1.25. The first-order valence-corrected chi connectivity index (χ1v) is 5.56. The third-order valence-electron chi connectivity index (χ3n) is 2.30. The van der Waals surface area contributed by atoms with Crippen molar-refractivity contribution in [2.24, 2.45) is 5.92 Å². The van der Waals surface area contributed by atoms with Crippen LogP contribution in [0.15, 0.2) is 12.7 Å². The van der Waals surface area contributed by atoms with Crippen LogP contribution in [0, 0.1) is 5.92 Å². The highest BCUT2D eigenvalue weighted by Crippen LogP contribution is 2.36. The summed E-state index contributed by atoms with van der Waals surface area (Å²) in [6.07, 6.45) is -14.1. The van der Waals surface area contributed by atoms with Gasteiger partial charge in [-0.05, 0) is 6.42 Å². The molecular weight excluding hydrogens is 294 g/mol. The molecule has 0 spiro atoms. The van der Waals surface area contributed by atoms with E-state index in [2.05, 4.69) is 16.1 Å². The number of carbonyl (C=O) groups excluding carboxylic acids is 1. The molecule has 0 rings (SSSR count). The van der Waals surface area contributed by atoms with Crippen molar-refractivity contribution in [3.63, 3.8) is 0 Å². The van der Waals surface area contributed by atoms with E-state index in [-0.39, 0.29) is 13.0 Å². The Balaban J connectivity index is 4.41. The predicted molar refractivity (Wildman–Crippen MR) is 56.8 cm³/mol. The molecule has 0 saturated heterocycles. The lowest BCUT2D eigenvalue weighted by Crippen LogP contribution is -2.44. The monoisotopic (exact) mass is 308 g/mol. The zero-order valence-electron chi connectivity index (χ0n) is 10.6. The van der Waals surface area contributed by atoms with Gasteiger partial charge in [0.2, 0.25) is 0 Å². The molecule has 0 aromatic rings. The Morgan fingerprint density at radius 1 is 1.25 bits per heavy atom. The second kappa shape index (κ2) is 7.51. The molecule has 2 unspecified atom stereocenters. The number of halogens is 6. The molecule has 0 N–H and O–H groups in total. The highest BCUT2D eigenvalue weighted by atomic mass is 19.4. The van der Waals surface area contributed by atoms with Crippen LogP contribution in [0.5, 0.6) is 0 Å². The number of carbonyl (C=O) groups is 1. The minimum absolute atomic E-state index is 0.184. The average Bonchev–Trinajstić information content (AvgIpc) is 2.36. The molecule has 0 aromatic carbocycles. The first-order chi connectivity index (χ1) is 9.04. The van der Waals surface area contributed by atoms with Crippen molar-refractivity contribution >= 4 is 5.97 Å². The summed E-state index contributed by atoms with van der Waals surface area (Å²) in [5, 5.41) is 0.